The SMILES string of the molecule is CC(C)C1(CNc2snc(N)c2S(=O)(=O)N(C)C)CC1. The van der Waals surface area contributed by atoms with Crippen LogP contribution in [0.5, 0.6) is 0 Å². The fraction of sp³-hybridized carbons (Fsp3) is 0.750. The van der Waals surface area contributed by atoms with E-state index in [2.05, 4.69) is 23.5 Å². The van der Waals surface area contributed by atoms with Crippen LogP contribution in [0.25, 0.3) is 0 Å². The topological polar surface area (TPSA) is 88.3 Å². The van der Waals surface area contributed by atoms with E-state index < -0.39 is 10.0 Å². The van der Waals surface area contributed by atoms with E-state index in [9.17, 15) is 8.42 Å². The molecule has 1 aromatic rings. The van der Waals surface area contributed by atoms with Gasteiger partial charge in [-0.2, -0.15) is 4.37 Å². The Morgan fingerprint density at radius 1 is 1.45 bits per heavy atom. The first-order chi connectivity index (χ1) is 9.20. The molecule has 20 heavy (non-hydrogen) atoms. The smallest absolute Gasteiger partial charge is 0.249 e. The van der Waals surface area contributed by atoms with Gasteiger partial charge in [-0.25, -0.2) is 12.7 Å². The zero-order chi connectivity index (χ0) is 15.1. The molecule has 1 aliphatic carbocycles. The lowest BCUT2D eigenvalue weighted by Gasteiger charge is -2.20. The molecule has 0 aliphatic heterocycles. The van der Waals surface area contributed by atoms with Crippen LogP contribution in [0.1, 0.15) is 26.7 Å². The van der Waals surface area contributed by atoms with Crippen molar-refractivity contribution in [2.24, 2.45) is 11.3 Å². The molecule has 0 saturated heterocycles. The summed E-state index contributed by atoms with van der Waals surface area (Å²) in [6, 6.07) is 0. The largest absolute Gasteiger partial charge is 0.382 e. The van der Waals surface area contributed by atoms with Gasteiger partial charge in [-0.05, 0) is 35.7 Å². The van der Waals surface area contributed by atoms with Gasteiger partial charge in [0, 0.05) is 20.6 Å². The van der Waals surface area contributed by atoms with Crippen LogP contribution >= 0.6 is 11.5 Å². The Bertz CT molecular complexity index is 589. The van der Waals surface area contributed by atoms with Gasteiger partial charge in [0.15, 0.2) is 10.7 Å². The number of anilines is 2. The molecule has 6 nitrogen and oxygen atoms in total. The molecule has 1 aliphatic rings. The summed E-state index contributed by atoms with van der Waals surface area (Å²) in [6.07, 6.45) is 2.36. The molecule has 1 fully saturated rings. The molecule has 0 spiro atoms. The molecule has 0 aromatic carbocycles. The number of nitrogen functional groups attached to an aromatic ring is 1. The fourth-order valence-corrected chi connectivity index (χ4v) is 4.29. The Balaban J connectivity index is 2.23. The van der Waals surface area contributed by atoms with Gasteiger partial charge in [0.1, 0.15) is 5.00 Å². The van der Waals surface area contributed by atoms with Crippen molar-refractivity contribution in [2.45, 2.75) is 31.6 Å². The Morgan fingerprint density at radius 3 is 2.50 bits per heavy atom. The summed E-state index contributed by atoms with van der Waals surface area (Å²) in [7, 11) is -0.583. The third kappa shape index (κ3) is 2.64. The monoisotopic (exact) mass is 318 g/mol. The van der Waals surface area contributed by atoms with Gasteiger partial charge in [-0.3, -0.25) is 0 Å². The van der Waals surface area contributed by atoms with Gasteiger partial charge >= 0.3 is 0 Å². The zero-order valence-electron chi connectivity index (χ0n) is 12.3. The molecule has 0 unspecified atom stereocenters. The molecule has 2 rings (SSSR count). The summed E-state index contributed by atoms with van der Waals surface area (Å²) in [5.41, 5.74) is 6.02. The quantitative estimate of drug-likeness (QED) is 0.835. The first kappa shape index (κ1) is 15.5. The summed E-state index contributed by atoms with van der Waals surface area (Å²) < 4.78 is 29.7. The Kier molecular flexibility index (Phi) is 4.01. The Morgan fingerprint density at radius 2 is 2.05 bits per heavy atom. The van der Waals surface area contributed by atoms with Gasteiger partial charge < -0.3 is 11.1 Å². The van der Waals surface area contributed by atoms with Crippen LogP contribution in [0, 0.1) is 11.3 Å². The second kappa shape index (κ2) is 5.16. The second-order valence-corrected chi connectivity index (χ2v) is 8.75. The van der Waals surface area contributed by atoms with E-state index in [1.807, 2.05) is 0 Å². The maximum atomic E-state index is 12.3. The summed E-state index contributed by atoms with van der Waals surface area (Å²) in [5.74, 6) is 0.648. The first-order valence-electron chi connectivity index (χ1n) is 6.62. The minimum atomic E-state index is -3.57. The van der Waals surface area contributed by atoms with E-state index in [0.29, 0.717) is 10.9 Å². The summed E-state index contributed by atoms with van der Waals surface area (Å²) in [4.78, 5) is 0.104. The molecule has 1 heterocycles. The number of rotatable bonds is 6. The highest BCUT2D eigenvalue weighted by Gasteiger charge is 2.45. The molecule has 1 aromatic heterocycles. The zero-order valence-corrected chi connectivity index (χ0v) is 13.9. The minimum Gasteiger partial charge on any atom is -0.382 e. The third-order valence-corrected chi connectivity index (χ3v) is 6.97. The average molecular weight is 318 g/mol. The van der Waals surface area contributed by atoms with Crippen LogP contribution in [0.2, 0.25) is 0 Å². The van der Waals surface area contributed by atoms with Crippen molar-refractivity contribution in [1.82, 2.24) is 8.68 Å². The second-order valence-electron chi connectivity index (χ2n) is 5.88. The summed E-state index contributed by atoms with van der Waals surface area (Å²) in [6.45, 7) is 5.17. The molecular weight excluding hydrogens is 296 g/mol. The maximum absolute atomic E-state index is 12.3. The van der Waals surface area contributed by atoms with Gasteiger partial charge in [0.2, 0.25) is 10.0 Å². The predicted molar refractivity (Wildman–Crippen MR) is 82.4 cm³/mol. The normalized spacial score (nSPS) is 17.7. The van der Waals surface area contributed by atoms with Crippen LogP contribution in [-0.4, -0.2) is 37.7 Å². The highest BCUT2D eigenvalue weighted by atomic mass is 32.2. The average Bonchev–Trinajstić information content (AvgIpc) is 3.05. The number of aromatic nitrogens is 1. The maximum Gasteiger partial charge on any atom is 0.249 e. The number of nitrogens with two attached hydrogens (primary N) is 1. The standard InChI is InChI=1S/C12H22N4O2S2/c1-8(2)12(5-6-12)7-14-11-9(10(13)15-19-11)20(17,18)16(3)4/h8,14H,5-7H2,1-4H3,(H2,13,15). The minimum absolute atomic E-state index is 0.0700. The van der Waals surface area contributed by atoms with E-state index in [-0.39, 0.29) is 16.1 Å². The number of sulfonamides is 1. The van der Waals surface area contributed by atoms with E-state index >= 15 is 0 Å². The predicted octanol–water partition coefficient (Wildman–Crippen LogP) is 1.82. The molecular formula is C12H22N4O2S2. The highest BCUT2D eigenvalue weighted by Crippen LogP contribution is 2.52. The lowest BCUT2D eigenvalue weighted by Crippen LogP contribution is -2.25. The molecule has 0 amide bonds. The fourth-order valence-electron chi connectivity index (χ4n) is 2.21. The van der Waals surface area contributed by atoms with Crippen LogP contribution in [0.3, 0.4) is 0 Å². The molecule has 0 radical (unpaired) electrons. The van der Waals surface area contributed by atoms with Crippen molar-refractivity contribution in [3.63, 3.8) is 0 Å². The van der Waals surface area contributed by atoms with E-state index in [1.165, 1.54) is 26.9 Å². The van der Waals surface area contributed by atoms with Crippen LogP contribution in [-0.2, 0) is 10.0 Å². The summed E-state index contributed by atoms with van der Waals surface area (Å²) in [5, 5.41) is 3.79. The van der Waals surface area contributed by atoms with E-state index in [0.717, 1.165) is 22.4 Å². The Labute approximate surface area is 124 Å². The van der Waals surface area contributed by atoms with Crippen LogP contribution in [0.15, 0.2) is 4.90 Å². The lowest BCUT2D eigenvalue weighted by atomic mass is 9.92. The van der Waals surface area contributed by atoms with E-state index in [1.54, 1.807) is 0 Å². The van der Waals surface area contributed by atoms with Crippen molar-refractivity contribution < 1.29 is 8.42 Å². The van der Waals surface area contributed by atoms with Crippen molar-refractivity contribution in [3.8, 4) is 0 Å². The van der Waals surface area contributed by atoms with Gasteiger partial charge in [0.05, 0.1) is 0 Å². The van der Waals surface area contributed by atoms with Crippen molar-refractivity contribution in [3.05, 3.63) is 0 Å². The number of hydrogen-bond donors (Lipinski definition) is 2. The number of hydrogen-bond acceptors (Lipinski definition) is 6. The molecule has 0 atom stereocenters. The summed E-state index contributed by atoms with van der Waals surface area (Å²) >= 11 is 1.11. The van der Waals surface area contributed by atoms with Crippen molar-refractivity contribution in [1.29, 1.82) is 0 Å². The van der Waals surface area contributed by atoms with Gasteiger partial charge in [-0.1, -0.05) is 13.8 Å². The van der Waals surface area contributed by atoms with Crippen molar-refractivity contribution in [2.75, 3.05) is 31.7 Å². The Hall–Kier alpha value is -0.860. The van der Waals surface area contributed by atoms with Gasteiger partial charge in [-0.15, -0.1) is 0 Å². The van der Waals surface area contributed by atoms with Gasteiger partial charge in [0.25, 0.3) is 0 Å². The van der Waals surface area contributed by atoms with Crippen LogP contribution < -0.4 is 11.1 Å². The lowest BCUT2D eigenvalue weighted by molar-refractivity contribution is 0.380. The molecule has 1 saturated carbocycles. The van der Waals surface area contributed by atoms with Crippen molar-refractivity contribution >= 4 is 32.4 Å². The van der Waals surface area contributed by atoms with Crippen LogP contribution in [0.4, 0.5) is 10.8 Å². The number of nitrogens with one attached hydrogen (secondary N) is 1. The molecule has 3 N–H and O–H groups in total. The number of nitrogens with zero attached hydrogens (tertiary/aromatic N) is 2. The molecule has 114 valence electrons. The molecule has 0 bridgehead atoms. The highest BCUT2D eigenvalue weighted by molar-refractivity contribution is 7.89. The van der Waals surface area contributed by atoms with E-state index in [4.69, 9.17) is 5.73 Å². The first-order valence-corrected chi connectivity index (χ1v) is 8.83. The molecule has 8 heteroatoms. The third-order valence-electron chi connectivity index (χ3n) is 4.13.